The highest BCUT2D eigenvalue weighted by Gasteiger charge is 2.67. The molecule has 1 aliphatic rings. The minimum atomic E-state index is 0.202. The molecule has 0 unspecified atom stereocenters. The molecule has 3 rings (SSSR count). The van der Waals surface area contributed by atoms with E-state index in [9.17, 15) is 0 Å². The van der Waals surface area contributed by atoms with Crippen LogP contribution in [0.3, 0.4) is 0 Å². The Morgan fingerprint density at radius 1 is 1.05 bits per heavy atom. The summed E-state index contributed by atoms with van der Waals surface area (Å²) < 4.78 is 5.64. The number of aryl methyl sites for hydroxylation is 2. The largest absolute Gasteiger partial charge is 0.380 e. The zero-order chi connectivity index (χ0) is 15.6. The third kappa shape index (κ3) is 1.83. The number of aromatic nitrogens is 1. The van der Waals surface area contributed by atoms with Crippen molar-refractivity contribution >= 4 is 5.82 Å². The highest BCUT2D eigenvalue weighted by molar-refractivity contribution is 5.77. The molecule has 0 spiro atoms. The first-order chi connectivity index (χ1) is 9.68. The maximum atomic E-state index is 6.10. The molecule has 0 amide bonds. The molecule has 0 radical (unpaired) electrons. The van der Waals surface area contributed by atoms with E-state index in [0.717, 1.165) is 16.9 Å². The number of nitrogens with two attached hydrogens (primary N) is 1. The summed E-state index contributed by atoms with van der Waals surface area (Å²) in [6.45, 7) is 13.3. The third-order valence-electron chi connectivity index (χ3n) is 5.82. The van der Waals surface area contributed by atoms with Gasteiger partial charge in [0, 0.05) is 5.92 Å². The Morgan fingerprint density at radius 3 is 2.19 bits per heavy atom. The van der Waals surface area contributed by atoms with Gasteiger partial charge in [0.15, 0.2) is 11.6 Å². The van der Waals surface area contributed by atoms with E-state index in [-0.39, 0.29) is 10.8 Å². The van der Waals surface area contributed by atoms with Gasteiger partial charge in [0.25, 0.3) is 0 Å². The Balaban J connectivity index is 2.13. The summed E-state index contributed by atoms with van der Waals surface area (Å²) in [5.41, 5.74) is 11.1. The molecule has 112 valence electrons. The second kappa shape index (κ2) is 4.12. The van der Waals surface area contributed by atoms with Crippen LogP contribution in [-0.4, -0.2) is 5.16 Å². The molecule has 3 nitrogen and oxygen atoms in total. The zero-order valence-electron chi connectivity index (χ0n) is 13.7. The second-order valence-electron chi connectivity index (χ2n) is 7.48. The monoisotopic (exact) mass is 284 g/mol. The molecule has 2 aromatic rings. The van der Waals surface area contributed by atoms with Crippen LogP contribution >= 0.6 is 0 Å². The number of benzene rings is 1. The molecular formula is C18H24N2O. The molecule has 1 fully saturated rings. The van der Waals surface area contributed by atoms with Gasteiger partial charge in [0.1, 0.15) is 0 Å². The average Bonchev–Trinajstić information content (AvgIpc) is 2.68. The Bertz CT molecular complexity index is 696. The number of rotatable bonds is 2. The fourth-order valence-corrected chi connectivity index (χ4v) is 3.55. The first-order valence-corrected chi connectivity index (χ1v) is 7.50. The summed E-state index contributed by atoms with van der Waals surface area (Å²) in [6, 6.07) is 6.41. The summed E-state index contributed by atoms with van der Waals surface area (Å²) in [5.74, 6) is 1.78. The van der Waals surface area contributed by atoms with Gasteiger partial charge in [-0.3, -0.25) is 0 Å². The van der Waals surface area contributed by atoms with Crippen LogP contribution in [0.15, 0.2) is 22.7 Å². The van der Waals surface area contributed by atoms with Gasteiger partial charge in [-0.25, -0.2) is 0 Å². The van der Waals surface area contributed by atoms with Crippen LogP contribution < -0.4 is 5.73 Å². The van der Waals surface area contributed by atoms with E-state index in [1.807, 2.05) is 0 Å². The highest BCUT2D eigenvalue weighted by atomic mass is 16.5. The molecule has 21 heavy (non-hydrogen) atoms. The third-order valence-corrected chi connectivity index (χ3v) is 5.82. The number of nitrogen functional groups attached to an aromatic ring is 1. The molecule has 0 bridgehead atoms. The number of anilines is 1. The molecule has 1 saturated carbocycles. The van der Waals surface area contributed by atoms with Gasteiger partial charge in [0.05, 0.1) is 5.56 Å². The van der Waals surface area contributed by atoms with Gasteiger partial charge < -0.3 is 10.3 Å². The first kappa shape index (κ1) is 14.2. The molecule has 0 saturated heterocycles. The molecular weight excluding hydrogens is 260 g/mol. The zero-order valence-corrected chi connectivity index (χ0v) is 13.7. The molecule has 2 N–H and O–H groups in total. The lowest BCUT2D eigenvalue weighted by Gasteiger charge is -2.07. The van der Waals surface area contributed by atoms with E-state index in [2.05, 4.69) is 64.9 Å². The Kier molecular flexibility index (Phi) is 2.78. The molecule has 1 heterocycles. The Morgan fingerprint density at radius 2 is 1.67 bits per heavy atom. The number of hydrogen-bond donors (Lipinski definition) is 1. The normalized spacial score (nSPS) is 19.7. The van der Waals surface area contributed by atoms with Gasteiger partial charge >= 0.3 is 0 Å². The van der Waals surface area contributed by atoms with Crippen LogP contribution in [0.1, 0.15) is 50.5 Å². The van der Waals surface area contributed by atoms with Crippen LogP contribution in [0.2, 0.25) is 0 Å². The van der Waals surface area contributed by atoms with E-state index in [1.165, 1.54) is 11.1 Å². The van der Waals surface area contributed by atoms with Crippen molar-refractivity contribution in [1.29, 1.82) is 0 Å². The maximum absolute atomic E-state index is 6.10. The van der Waals surface area contributed by atoms with Crippen molar-refractivity contribution in [3.8, 4) is 11.1 Å². The Labute approximate surface area is 126 Å². The van der Waals surface area contributed by atoms with E-state index in [4.69, 9.17) is 10.3 Å². The first-order valence-electron chi connectivity index (χ1n) is 7.50. The van der Waals surface area contributed by atoms with Crippen LogP contribution in [0.4, 0.5) is 5.82 Å². The average molecular weight is 284 g/mol. The van der Waals surface area contributed by atoms with Crippen molar-refractivity contribution in [1.82, 2.24) is 5.16 Å². The lowest BCUT2D eigenvalue weighted by Crippen LogP contribution is -1.95. The molecule has 0 atom stereocenters. The van der Waals surface area contributed by atoms with Gasteiger partial charge in [-0.15, -0.1) is 0 Å². The Hall–Kier alpha value is -1.77. The van der Waals surface area contributed by atoms with Crippen LogP contribution in [0, 0.1) is 24.7 Å². The van der Waals surface area contributed by atoms with Crippen LogP contribution in [0.5, 0.6) is 0 Å². The molecule has 1 aliphatic carbocycles. The topological polar surface area (TPSA) is 52.0 Å². The van der Waals surface area contributed by atoms with Gasteiger partial charge in [-0.2, -0.15) is 0 Å². The van der Waals surface area contributed by atoms with Crippen LogP contribution in [0.25, 0.3) is 11.1 Å². The summed E-state index contributed by atoms with van der Waals surface area (Å²) in [7, 11) is 0. The standard InChI is InChI=1S/C18H24N2O/c1-10-7-8-12(9-11(10)2)13-14(21-20-16(13)19)15-17(3,4)18(15,5)6/h7-9,15H,1-6H3,(H2,19,20). The summed E-state index contributed by atoms with van der Waals surface area (Å²) in [4.78, 5) is 0. The summed E-state index contributed by atoms with van der Waals surface area (Å²) in [6.07, 6.45) is 0. The number of nitrogens with zero attached hydrogens (tertiary/aromatic N) is 1. The van der Waals surface area contributed by atoms with E-state index < -0.39 is 0 Å². The fraction of sp³-hybridized carbons (Fsp3) is 0.500. The smallest absolute Gasteiger partial charge is 0.175 e. The van der Waals surface area contributed by atoms with Gasteiger partial charge in [-0.05, 0) is 41.4 Å². The lowest BCUT2D eigenvalue weighted by molar-refractivity contribution is 0.374. The van der Waals surface area contributed by atoms with E-state index >= 15 is 0 Å². The molecule has 0 aliphatic heterocycles. The van der Waals surface area contributed by atoms with Gasteiger partial charge in [0.2, 0.25) is 0 Å². The van der Waals surface area contributed by atoms with Gasteiger partial charge in [-0.1, -0.05) is 51.1 Å². The highest BCUT2D eigenvalue weighted by Crippen LogP contribution is 2.74. The van der Waals surface area contributed by atoms with E-state index in [1.54, 1.807) is 0 Å². The predicted molar refractivity (Wildman–Crippen MR) is 86.1 cm³/mol. The summed E-state index contributed by atoms with van der Waals surface area (Å²) in [5, 5.41) is 4.04. The molecule has 1 aromatic heterocycles. The van der Waals surface area contributed by atoms with Crippen molar-refractivity contribution in [2.75, 3.05) is 5.73 Å². The predicted octanol–water partition coefficient (Wildman–Crippen LogP) is 4.69. The molecule has 1 aromatic carbocycles. The van der Waals surface area contributed by atoms with Crippen molar-refractivity contribution in [3.05, 3.63) is 35.1 Å². The van der Waals surface area contributed by atoms with Crippen molar-refractivity contribution in [2.24, 2.45) is 10.8 Å². The lowest BCUT2D eigenvalue weighted by atomic mass is 9.97. The minimum absolute atomic E-state index is 0.202. The van der Waals surface area contributed by atoms with Crippen molar-refractivity contribution < 1.29 is 4.52 Å². The minimum Gasteiger partial charge on any atom is -0.380 e. The second-order valence-corrected chi connectivity index (χ2v) is 7.48. The SMILES string of the molecule is Cc1ccc(-c2c(N)noc2C2C(C)(C)C2(C)C)cc1C. The fourth-order valence-electron chi connectivity index (χ4n) is 3.55. The maximum Gasteiger partial charge on any atom is 0.175 e. The quantitative estimate of drug-likeness (QED) is 0.870. The van der Waals surface area contributed by atoms with Crippen LogP contribution in [-0.2, 0) is 0 Å². The summed E-state index contributed by atoms with van der Waals surface area (Å²) >= 11 is 0. The van der Waals surface area contributed by atoms with Crippen molar-refractivity contribution in [3.63, 3.8) is 0 Å². The number of hydrogen-bond acceptors (Lipinski definition) is 3. The van der Waals surface area contributed by atoms with Crippen molar-refractivity contribution in [2.45, 2.75) is 47.5 Å². The molecule has 3 heteroatoms. The van der Waals surface area contributed by atoms with E-state index in [0.29, 0.717) is 11.7 Å².